The van der Waals surface area contributed by atoms with E-state index in [1.165, 1.54) is 0 Å². The summed E-state index contributed by atoms with van der Waals surface area (Å²) in [5.41, 5.74) is 11.0. The smallest absolute Gasteiger partial charge is 0.320 e. The van der Waals surface area contributed by atoms with Gasteiger partial charge in [0.25, 0.3) is 0 Å². The van der Waals surface area contributed by atoms with Crippen LogP contribution in [-0.2, 0) is 16.0 Å². The molecule has 5 heteroatoms. The van der Waals surface area contributed by atoms with Gasteiger partial charge in [-0.05, 0) is 12.0 Å². The summed E-state index contributed by atoms with van der Waals surface area (Å²) in [5, 5.41) is 8.52. The van der Waals surface area contributed by atoms with Crippen LogP contribution >= 0.6 is 0 Å². The Hall–Kier alpha value is -1.72. The van der Waals surface area contributed by atoms with Gasteiger partial charge >= 0.3 is 5.97 Å². The number of carboxylic acids is 1. The molecule has 0 radical (unpaired) electrons. The lowest BCUT2D eigenvalue weighted by atomic mass is 10.1. The minimum atomic E-state index is -0.959. The van der Waals surface area contributed by atoms with Crippen molar-refractivity contribution in [1.82, 2.24) is 0 Å². The second-order valence-corrected chi connectivity index (χ2v) is 3.04. The largest absolute Gasteiger partial charge is 0.480 e. The minimum Gasteiger partial charge on any atom is -0.480 e. The lowest BCUT2D eigenvalue weighted by molar-refractivity contribution is -0.138. The molecular formula is C11H16N2O3. The van der Waals surface area contributed by atoms with Crippen LogP contribution in [0.5, 0.6) is 0 Å². The van der Waals surface area contributed by atoms with Crippen molar-refractivity contribution in [3.63, 3.8) is 0 Å². The van der Waals surface area contributed by atoms with Crippen molar-refractivity contribution in [3.8, 4) is 0 Å². The fourth-order valence-electron chi connectivity index (χ4n) is 0.955. The van der Waals surface area contributed by atoms with Crippen molar-refractivity contribution in [2.45, 2.75) is 12.5 Å². The number of carboxylic acid groups (broad SMARTS) is 1. The molecule has 0 saturated heterocycles. The lowest BCUT2D eigenvalue weighted by Crippen LogP contribution is -2.32. The van der Waals surface area contributed by atoms with E-state index in [1.54, 1.807) is 0 Å². The molecule has 0 heterocycles. The van der Waals surface area contributed by atoms with Gasteiger partial charge in [0.2, 0.25) is 0 Å². The van der Waals surface area contributed by atoms with Gasteiger partial charge in [0.15, 0.2) is 0 Å². The van der Waals surface area contributed by atoms with Crippen LogP contribution in [-0.4, -0.2) is 29.9 Å². The number of carbonyl (C=O) groups excluding carboxylic acids is 1. The Kier molecular flexibility index (Phi) is 7.66. The van der Waals surface area contributed by atoms with Crippen LogP contribution in [0.4, 0.5) is 0 Å². The number of aliphatic carboxylic acids is 1. The number of hydrogen-bond acceptors (Lipinski definition) is 4. The maximum Gasteiger partial charge on any atom is 0.320 e. The zero-order valence-corrected chi connectivity index (χ0v) is 8.87. The molecule has 0 bridgehead atoms. The monoisotopic (exact) mass is 224 g/mol. The Morgan fingerprint density at radius 3 is 2.25 bits per heavy atom. The normalized spacial score (nSPS) is 10.9. The summed E-state index contributed by atoms with van der Waals surface area (Å²) >= 11 is 0. The average Bonchev–Trinajstić information content (AvgIpc) is 2.30. The summed E-state index contributed by atoms with van der Waals surface area (Å²) in [6, 6.07) is 8.54. The van der Waals surface area contributed by atoms with Gasteiger partial charge < -0.3 is 21.4 Å². The van der Waals surface area contributed by atoms with Crippen LogP contribution in [0, 0.1) is 0 Å². The summed E-state index contributed by atoms with van der Waals surface area (Å²) in [7, 11) is 0. The molecule has 0 aromatic heterocycles. The SMILES string of the molecule is NC(Cc1ccccc1)C(=O)O.NCC=O. The van der Waals surface area contributed by atoms with Gasteiger partial charge in [-0.3, -0.25) is 4.79 Å². The molecule has 88 valence electrons. The molecule has 0 amide bonds. The highest BCUT2D eigenvalue weighted by Gasteiger charge is 2.10. The van der Waals surface area contributed by atoms with Crippen LogP contribution in [0.1, 0.15) is 5.56 Å². The third kappa shape index (κ3) is 6.69. The third-order valence-corrected chi connectivity index (χ3v) is 1.71. The van der Waals surface area contributed by atoms with Crippen molar-refractivity contribution < 1.29 is 14.7 Å². The molecule has 0 aliphatic rings. The Bertz CT molecular complexity index is 314. The van der Waals surface area contributed by atoms with E-state index in [0.717, 1.165) is 5.56 Å². The summed E-state index contributed by atoms with van der Waals surface area (Å²) in [6.45, 7) is 0.139. The highest BCUT2D eigenvalue weighted by Crippen LogP contribution is 2.01. The fourth-order valence-corrected chi connectivity index (χ4v) is 0.955. The highest BCUT2D eigenvalue weighted by molar-refractivity contribution is 5.73. The zero-order valence-electron chi connectivity index (χ0n) is 8.87. The number of hydrogen-bond donors (Lipinski definition) is 3. The summed E-state index contributed by atoms with van der Waals surface area (Å²) < 4.78 is 0. The molecule has 16 heavy (non-hydrogen) atoms. The van der Waals surface area contributed by atoms with Gasteiger partial charge in [0, 0.05) is 6.54 Å². The molecule has 1 atom stereocenters. The van der Waals surface area contributed by atoms with Gasteiger partial charge in [-0.25, -0.2) is 0 Å². The maximum absolute atomic E-state index is 10.4. The Labute approximate surface area is 94.1 Å². The molecule has 0 aliphatic heterocycles. The van der Waals surface area contributed by atoms with Crippen molar-refractivity contribution in [2.75, 3.05) is 6.54 Å². The van der Waals surface area contributed by atoms with Crippen LogP contribution < -0.4 is 11.5 Å². The maximum atomic E-state index is 10.4. The number of aldehydes is 1. The zero-order chi connectivity index (χ0) is 12.4. The standard InChI is InChI=1S/C9H11NO2.C2H5NO/c10-8(9(11)12)6-7-4-2-1-3-5-7;3-1-2-4/h1-5,8H,6,10H2,(H,11,12);2H,1,3H2. The number of benzene rings is 1. The predicted octanol–water partition coefficient (Wildman–Crippen LogP) is -0.215. The van der Waals surface area contributed by atoms with Crippen molar-refractivity contribution in [1.29, 1.82) is 0 Å². The third-order valence-electron chi connectivity index (χ3n) is 1.71. The molecule has 0 fully saturated rings. The van der Waals surface area contributed by atoms with Gasteiger partial charge in [0.05, 0.1) is 0 Å². The van der Waals surface area contributed by atoms with Gasteiger partial charge in [-0.2, -0.15) is 0 Å². The Morgan fingerprint density at radius 1 is 1.38 bits per heavy atom. The molecule has 1 rings (SSSR count). The Morgan fingerprint density at radius 2 is 1.88 bits per heavy atom. The second-order valence-electron chi connectivity index (χ2n) is 3.04. The molecule has 0 aliphatic carbocycles. The number of rotatable bonds is 4. The first-order valence-corrected chi connectivity index (χ1v) is 4.77. The lowest BCUT2D eigenvalue weighted by Gasteiger charge is -2.04. The molecule has 1 aromatic carbocycles. The summed E-state index contributed by atoms with van der Waals surface area (Å²) in [5.74, 6) is -0.959. The molecule has 0 spiro atoms. The number of carbonyl (C=O) groups is 2. The van der Waals surface area contributed by atoms with E-state index in [1.807, 2.05) is 30.3 Å². The first kappa shape index (κ1) is 14.3. The van der Waals surface area contributed by atoms with Crippen molar-refractivity contribution in [2.24, 2.45) is 11.5 Å². The first-order valence-electron chi connectivity index (χ1n) is 4.77. The van der Waals surface area contributed by atoms with E-state index in [4.69, 9.17) is 15.6 Å². The van der Waals surface area contributed by atoms with E-state index >= 15 is 0 Å². The first-order chi connectivity index (χ1) is 7.61. The topological polar surface area (TPSA) is 106 Å². The summed E-state index contributed by atoms with van der Waals surface area (Å²) in [6.07, 6.45) is 1.04. The predicted molar refractivity (Wildman–Crippen MR) is 60.9 cm³/mol. The molecule has 5 N–H and O–H groups in total. The molecule has 1 unspecified atom stereocenters. The quantitative estimate of drug-likeness (QED) is 0.613. The van der Waals surface area contributed by atoms with Crippen LogP contribution in [0.25, 0.3) is 0 Å². The van der Waals surface area contributed by atoms with Crippen LogP contribution in [0.2, 0.25) is 0 Å². The summed E-state index contributed by atoms with van der Waals surface area (Å²) in [4.78, 5) is 19.4. The van der Waals surface area contributed by atoms with E-state index in [2.05, 4.69) is 5.73 Å². The average molecular weight is 224 g/mol. The van der Waals surface area contributed by atoms with Crippen molar-refractivity contribution in [3.05, 3.63) is 35.9 Å². The van der Waals surface area contributed by atoms with Crippen molar-refractivity contribution >= 4 is 12.3 Å². The van der Waals surface area contributed by atoms with Crippen LogP contribution in [0.15, 0.2) is 30.3 Å². The van der Waals surface area contributed by atoms with Crippen LogP contribution in [0.3, 0.4) is 0 Å². The molecule has 1 aromatic rings. The highest BCUT2D eigenvalue weighted by atomic mass is 16.4. The van der Waals surface area contributed by atoms with E-state index < -0.39 is 12.0 Å². The van der Waals surface area contributed by atoms with Gasteiger partial charge in [0.1, 0.15) is 12.3 Å². The molecule has 5 nitrogen and oxygen atoms in total. The second kappa shape index (κ2) is 8.58. The van der Waals surface area contributed by atoms with Gasteiger partial charge in [-0.15, -0.1) is 0 Å². The Balaban J connectivity index is 0.000000487. The van der Waals surface area contributed by atoms with E-state index in [-0.39, 0.29) is 6.54 Å². The molecular weight excluding hydrogens is 208 g/mol. The van der Waals surface area contributed by atoms with E-state index in [0.29, 0.717) is 12.7 Å². The number of nitrogens with two attached hydrogens (primary N) is 2. The van der Waals surface area contributed by atoms with Gasteiger partial charge in [-0.1, -0.05) is 30.3 Å². The van der Waals surface area contributed by atoms with E-state index in [9.17, 15) is 4.79 Å². The minimum absolute atomic E-state index is 0.139. The fraction of sp³-hybridized carbons (Fsp3) is 0.273. The molecule has 0 saturated carbocycles.